The highest BCUT2D eigenvalue weighted by molar-refractivity contribution is 5.75. The van der Waals surface area contributed by atoms with Crippen LogP contribution in [-0.2, 0) is 14.3 Å². The molecule has 0 spiro atoms. The molecule has 1 heterocycles. The minimum absolute atomic E-state index is 0.289. The Hall–Kier alpha value is -1.12. The normalized spacial score (nSPS) is 22.7. The average Bonchev–Trinajstić information content (AvgIpc) is 2.25. The van der Waals surface area contributed by atoms with E-state index in [1.807, 2.05) is 4.90 Å². The fraction of sp³-hybridized carbons (Fsp3) is 0.778. The lowest BCUT2D eigenvalue weighted by Gasteiger charge is -2.32. The molecule has 1 saturated heterocycles. The van der Waals surface area contributed by atoms with Gasteiger partial charge in [0.1, 0.15) is 6.04 Å². The number of esters is 1. The highest BCUT2D eigenvalue weighted by atomic mass is 16.5. The lowest BCUT2D eigenvalue weighted by Crippen LogP contribution is -2.50. The summed E-state index contributed by atoms with van der Waals surface area (Å²) in [6.07, 6.45) is 0.424. The van der Waals surface area contributed by atoms with Crippen molar-refractivity contribution in [1.82, 2.24) is 4.90 Å². The molecule has 0 aliphatic carbocycles. The largest absolute Gasteiger partial charge is 0.468 e. The number of carbonyl (C=O) groups excluding carboxylic acids is 1. The van der Waals surface area contributed by atoms with Gasteiger partial charge in [0.25, 0.3) is 0 Å². The number of hydrogen-bond acceptors (Lipinski definition) is 5. The zero-order valence-corrected chi connectivity index (χ0v) is 8.23. The van der Waals surface area contributed by atoms with Crippen LogP contribution in [0, 0.1) is 11.3 Å². The first-order chi connectivity index (χ1) is 6.79. The van der Waals surface area contributed by atoms with Crippen molar-refractivity contribution < 1.29 is 14.3 Å². The number of ether oxygens (including phenoxy) is 2. The van der Waals surface area contributed by atoms with E-state index in [1.54, 1.807) is 0 Å². The van der Waals surface area contributed by atoms with Crippen LogP contribution in [0.25, 0.3) is 0 Å². The Balaban J connectivity index is 2.50. The monoisotopic (exact) mass is 198 g/mol. The van der Waals surface area contributed by atoms with Gasteiger partial charge in [-0.2, -0.15) is 5.26 Å². The second kappa shape index (κ2) is 5.58. The molecule has 1 atom stereocenters. The number of nitrogens with zero attached hydrogens (tertiary/aromatic N) is 2. The van der Waals surface area contributed by atoms with Crippen LogP contribution in [0.4, 0.5) is 0 Å². The lowest BCUT2D eigenvalue weighted by molar-refractivity contribution is -0.153. The third-order valence-corrected chi connectivity index (χ3v) is 2.22. The Morgan fingerprint density at radius 3 is 3.21 bits per heavy atom. The van der Waals surface area contributed by atoms with E-state index in [9.17, 15) is 4.79 Å². The number of methoxy groups -OCH3 is 1. The van der Waals surface area contributed by atoms with Gasteiger partial charge in [-0.3, -0.25) is 9.69 Å². The second-order valence-corrected chi connectivity index (χ2v) is 3.06. The van der Waals surface area contributed by atoms with Crippen molar-refractivity contribution in [3.05, 3.63) is 0 Å². The Morgan fingerprint density at radius 1 is 1.79 bits per heavy atom. The molecule has 1 rings (SSSR count). The summed E-state index contributed by atoms with van der Waals surface area (Å²) in [4.78, 5) is 13.2. The average molecular weight is 198 g/mol. The van der Waals surface area contributed by atoms with Gasteiger partial charge >= 0.3 is 5.97 Å². The molecule has 5 nitrogen and oxygen atoms in total. The number of carbonyl (C=O) groups is 1. The summed E-state index contributed by atoms with van der Waals surface area (Å²) >= 11 is 0. The summed E-state index contributed by atoms with van der Waals surface area (Å²) in [6.45, 7) is 2.25. The summed E-state index contributed by atoms with van der Waals surface area (Å²) in [5.74, 6) is -0.289. The predicted octanol–water partition coefficient (Wildman–Crippen LogP) is -0.226. The molecule has 1 aliphatic rings. The van der Waals surface area contributed by atoms with Crippen LogP contribution < -0.4 is 0 Å². The van der Waals surface area contributed by atoms with Crippen molar-refractivity contribution in [3.63, 3.8) is 0 Å². The molecule has 0 aromatic rings. The van der Waals surface area contributed by atoms with Crippen molar-refractivity contribution in [2.24, 2.45) is 0 Å². The maximum atomic E-state index is 11.3. The molecule has 78 valence electrons. The van der Waals surface area contributed by atoms with Crippen molar-refractivity contribution in [2.75, 3.05) is 33.4 Å². The molecule has 5 heteroatoms. The summed E-state index contributed by atoms with van der Waals surface area (Å²) in [6, 6.07) is 1.71. The molecular weight excluding hydrogens is 184 g/mol. The summed E-state index contributed by atoms with van der Waals surface area (Å²) < 4.78 is 9.85. The quantitative estimate of drug-likeness (QED) is 0.586. The van der Waals surface area contributed by atoms with E-state index in [0.717, 1.165) is 0 Å². The van der Waals surface area contributed by atoms with E-state index in [2.05, 4.69) is 10.8 Å². The second-order valence-electron chi connectivity index (χ2n) is 3.06. The molecule has 0 bridgehead atoms. The minimum Gasteiger partial charge on any atom is -0.468 e. The molecule has 0 N–H and O–H groups in total. The Morgan fingerprint density at radius 2 is 2.57 bits per heavy atom. The van der Waals surface area contributed by atoms with Gasteiger partial charge in [0, 0.05) is 19.5 Å². The van der Waals surface area contributed by atoms with Crippen molar-refractivity contribution in [2.45, 2.75) is 12.5 Å². The first-order valence-electron chi connectivity index (χ1n) is 4.56. The molecule has 14 heavy (non-hydrogen) atoms. The molecule has 1 unspecified atom stereocenters. The molecule has 0 amide bonds. The Bertz CT molecular complexity index is 237. The molecule has 0 radical (unpaired) electrons. The van der Waals surface area contributed by atoms with Crippen LogP contribution in [0.1, 0.15) is 6.42 Å². The summed E-state index contributed by atoms with van der Waals surface area (Å²) in [5.41, 5.74) is 0. The van der Waals surface area contributed by atoms with Crippen LogP contribution in [0.3, 0.4) is 0 Å². The molecular formula is C9H14N2O3. The SMILES string of the molecule is COC(=O)C1COCCN1CCC#N. The third kappa shape index (κ3) is 2.69. The first-order valence-corrected chi connectivity index (χ1v) is 4.56. The van der Waals surface area contributed by atoms with Gasteiger partial charge in [-0.05, 0) is 0 Å². The number of morpholine rings is 1. The zero-order chi connectivity index (χ0) is 10.4. The van der Waals surface area contributed by atoms with E-state index in [-0.39, 0.29) is 12.0 Å². The van der Waals surface area contributed by atoms with Crippen molar-refractivity contribution in [3.8, 4) is 6.07 Å². The van der Waals surface area contributed by atoms with Gasteiger partial charge in [-0.1, -0.05) is 0 Å². The third-order valence-electron chi connectivity index (χ3n) is 2.22. The fourth-order valence-corrected chi connectivity index (χ4v) is 1.45. The highest BCUT2D eigenvalue weighted by Crippen LogP contribution is 2.08. The number of hydrogen-bond donors (Lipinski definition) is 0. The smallest absolute Gasteiger partial charge is 0.325 e. The van der Waals surface area contributed by atoms with Crippen LogP contribution in [0.15, 0.2) is 0 Å². The highest BCUT2D eigenvalue weighted by Gasteiger charge is 2.29. The lowest BCUT2D eigenvalue weighted by atomic mass is 10.2. The first kappa shape index (κ1) is 11.0. The van der Waals surface area contributed by atoms with Crippen LogP contribution >= 0.6 is 0 Å². The van der Waals surface area contributed by atoms with Gasteiger partial charge in [-0.25, -0.2) is 0 Å². The molecule has 1 aliphatic heterocycles. The number of rotatable bonds is 3. The van der Waals surface area contributed by atoms with Gasteiger partial charge < -0.3 is 9.47 Å². The minimum atomic E-state index is -0.345. The molecule has 1 fully saturated rings. The molecule has 0 aromatic heterocycles. The van der Waals surface area contributed by atoms with E-state index >= 15 is 0 Å². The fourth-order valence-electron chi connectivity index (χ4n) is 1.45. The summed E-state index contributed by atoms with van der Waals surface area (Å²) in [5, 5.41) is 8.45. The van der Waals surface area contributed by atoms with Crippen LogP contribution in [-0.4, -0.2) is 50.3 Å². The van der Waals surface area contributed by atoms with Crippen LogP contribution in [0.2, 0.25) is 0 Å². The maximum absolute atomic E-state index is 11.3. The Kier molecular flexibility index (Phi) is 4.36. The number of nitriles is 1. The summed E-state index contributed by atoms with van der Waals surface area (Å²) in [7, 11) is 1.36. The van der Waals surface area contributed by atoms with E-state index in [1.165, 1.54) is 7.11 Å². The van der Waals surface area contributed by atoms with Crippen molar-refractivity contribution >= 4 is 5.97 Å². The van der Waals surface area contributed by atoms with Crippen molar-refractivity contribution in [1.29, 1.82) is 5.26 Å². The Labute approximate surface area is 83.2 Å². The van der Waals surface area contributed by atoms with E-state index in [0.29, 0.717) is 32.7 Å². The molecule has 0 saturated carbocycles. The predicted molar refractivity (Wildman–Crippen MR) is 48.4 cm³/mol. The van der Waals surface area contributed by atoms with Gasteiger partial charge in [-0.15, -0.1) is 0 Å². The topological polar surface area (TPSA) is 62.6 Å². The standard InChI is InChI=1S/C9H14N2O3/c1-13-9(12)8-7-14-6-5-11(8)4-2-3-10/h8H,2,4-7H2,1H3. The van der Waals surface area contributed by atoms with E-state index < -0.39 is 0 Å². The zero-order valence-electron chi connectivity index (χ0n) is 8.23. The van der Waals surface area contributed by atoms with E-state index in [4.69, 9.17) is 10.00 Å². The van der Waals surface area contributed by atoms with Gasteiger partial charge in [0.2, 0.25) is 0 Å². The maximum Gasteiger partial charge on any atom is 0.325 e. The van der Waals surface area contributed by atoms with Gasteiger partial charge in [0.05, 0.1) is 26.4 Å². The van der Waals surface area contributed by atoms with Gasteiger partial charge in [0.15, 0.2) is 0 Å². The molecule has 0 aromatic carbocycles. The van der Waals surface area contributed by atoms with Crippen LogP contribution in [0.5, 0.6) is 0 Å².